The van der Waals surface area contributed by atoms with Gasteiger partial charge in [0.2, 0.25) is 0 Å². The molecule has 1 fully saturated rings. The largest absolute Gasteiger partial charge is 0.294 e. The van der Waals surface area contributed by atoms with Crippen LogP contribution in [-0.2, 0) is 0 Å². The van der Waals surface area contributed by atoms with E-state index in [1.807, 2.05) is 0 Å². The van der Waals surface area contributed by atoms with Crippen molar-refractivity contribution in [3.63, 3.8) is 0 Å². The first-order valence-electron chi connectivity index (χ1n) is 8.35. The molecular weight excluding hydrogens is 272 g/mol. The van der Waals surface area contributed by atoms with Crippen LogP contribution in [0, 0.1) is 23.7 Å². The highest BCUT2D eigenvalue weighted by Crippen LogP contribution is 2.55. The number of carbonyl (C=O) groups excluding carboxylic acids is 2. The third kappa shape index (κ3) is 1.13. The summed E-state index contributed by atoms with van der Waals surface area (Å²) in [7, 11) is 0. The Morgan fingerprint density at radius 2 is 1.18 bits per heavy atom. The van der Waals surface area contributed by atoms with E-state index in [1.54, 1.807) is 0 Å². The lowest BCUT2D eigenvalue weighted by Gasteiger charge is -2.32. The predicted molar refractivity (Wildman–Crippen MR) is 82.1 cm³/mol. The lowest BCUT2D eigenvalue weighted by Crippen LogP contribution is -2.39. The lowest BCUT2D eigenvalue weighted by molar-refractivity contribution is 0.0720. The van der Waals surface area contributed by atoms with Gasteiger partial charge in [0.25, 0.3) is 0 Å². The summed E-state index contributed by atoms with van der Waals surface area (Å²) in [6.07, 6.45) is 11.0. The van der Waals surface area contributed by atoms with Crippen molar-refractivity contribution < 1.29 is 9.59 Å². The van der Waals surface area contributed by atoms with E-state index in [1.165, 1.54) is 11.1 Å². The molecule has 5 aliphatic carbocycles. The van der Waals surface area contributed by atoms with Gasteiger partial charge in [0.15, 0.2) is 11.6 Å². The van der Waals surface area contributed by atoms with Crippen molar-refractivity contribution in [3.8, 4) is 0 Å². The Kier molecular flexibility index (Phi) is 1.85. The molecule has 0 N–H and O–H groups in total. The second-order valence-electron chi connectivity index (χ2n) is 7.59. The summed E-state index contributed by atoms with van der Waals surface area (Å²) in [5.74, 6) is 1.81. The average Bonchev–Trinajstić information content (AvgIpc) is 3.29. The molecule has 22 heavy (non-hydrogen) atoms. The molecule has 0 spiro atoms. The molecule has 6 unspecified atom stereocenters. The minimum atomic E-state index is -0.0813. The van der Waals surface area contributed by atoms with E-state index >= 15 is 0 Å². The van der Waals surface area contributed by atoms with Gasteiger partial charge in [0, 0.05) is 34.8 Å². The van der Waals surface area contributed by atoms with Crippen LogP contribution in [0.1, 0.15) is 56.5 Å². The average molecular weight is 288 g/mol. The molecule has 1 saturated carbocycles. The summed E-state index contributed by atoms with van der Waals surface area (Å²) in [4.78, 5) is 26.1. The van der Waals surface area contributed by atoms with Crippen LogP contribution < -0.4 is 0 Å². The van der Waals surface area contributed by atoms with Crippen molar-refractivity contribution in [1.82, 2.24) is 0 Å². The van der Waals surface area contributed by atoms with E-state index < -0.39 is 0 Å². The van der Waals surface area contributed by atoms with Crippen LogP contribution in [-0.4, -0.2) is 11.6 Å². The van der Waals surface area contributed by atoms with Crippen LogP contribution in [0.25, 0.3) is 0 Å². The van der Waals surface area contributed by atoms with Gasteiger partial charge in [0.1, 0.15) is 0 Å². The molecule has 6 rings (SSSR count). The van der Waals surface area contributed by atoms with Gasteiger partial charge in [-0.25, -0.2) is 0 Å². The third-order valence-electron chi connectivity index (χ3n) is 6.70. The first-order chi connectivity index (χ1) is 10.7. The minimum absolute atomic E-state index is 0.0813. The fourth-order valence-electron chi connectivity index (χ4n) is 5.74. The monoisotopic (exact) mass is 288 g/mol. The first-order valence-corrected chi connectivity index (χ1v) is 8.35. The highest BCUT2D eigenvalue weighted by Gasteiger charge is 2.55. The second-order valence-corrected chi connectivity index (χ2v) is 7.59. The minimum Gasteiger partial charge on any atom is -0.294 e. The Balaban J connectivity index is 1.58. The molecule has 0 radical (unpaired) electrons. The number of fused-ring (bicyclic) bond motifs is 11. The summed E-state index contributed by atoms with van der Waals surface area (Å²) in [6, 6.07) is 4.12. The van der Waals surface area contributed by atoms with Crippen LogP contribution in [0.5, 0.6) is 0 Å². The van der Waals surface area contributed by atoms with Gasteiger partial charge in [-0.2, -0.15) is 0 Å². The van der Waals surface area contributed by atoms with Crippen LogP contribution in [0.15, 0.2) is 36.4 Å². The molecule has 0 amide bonds. The zero-order chi connectivity index (χ0) is 14.6. The number of hydrogen-bond donors (Lipinski definition) is 0. The van der Waals surface area contributed by atoms with Crippen molar-refractivity contribution in [1.29, 1.82) is 0 Å². The molecule has 0 aliphatic heterocycles. The van der Waals surface area contributed by atoms with Gasteiger partial charge in [-0.15, -0.1) is 0 Å². The normalized spacial score (nSPS) is 42.0. The Labute approximate surface area is 128 Å². The van der Waals surface area contributed by atoms with Crippen molar-refractivity contribution in [2.24, 2.45) is 23.7 Å². The number of ketones is 2. The number of rotatable bonds is 0. The molecular formula is C20H16O2. The summed E-state index contributed by atoms with van der Waals surface area (Å²) < 4.78 is 0. The third-order valence-corrected chi connectivity index (χ3v) is 6.70. The molecule has 4 bridgehead atoms. The van der Waals surface area contributed by atoms with Crippen LogP contribution >= 0.6 is 0 Å². The molecule has 1 aromatic rings. The topological polar surface area (TPSA) is 34.1 Å². The van der Waals surface area contributed by atoms with Crippen LogP contribution in [0.3, 0.4) is 0 Å². The Hall–Kier alpha value is -1.96. The van der Waals surface area contributed by atoms with Crippen molar-refractivity contribution >= 4 is 11.6 Å². The molecule has 1 aromatic carbocycles. The van der Waals surface area contributed by atoms with Crippen molar-refractivity contribution in [3.05, 3.63) is 58.7 Å². The maximum Gasteiger partial charge on any atom is 0.168 e. The number of hydrogen-bond acceptors (Lipinski definition) is 2. The van der Waals surface area contributed by atoms with E-state index in [0.717, 1.165) is 12.8 Å². The highest BCUT2D eigenvalue weighted by molar-refractivity contribution is 6.17. The van der Waals surface area contributed by atoms with Gasteiger partial charge < -0.3 is 0 Å². The fourth-order valence-corrected chi connectivity index (χ4v) is 5.74. The number of allylic oxidation sites excluding steroid dienone is 4. The van der Waals surface area contributed by atoms with Crippen LogP contribution in [0.2, 0.25) is 0 Å². The maximum absolute atomic E-state index is 13.0. The molecule has 2 heteroatoms. The van der Waals surface area contributed by atoms with E-state index in [-0.39, 0.29) is 23.4 Å². The highest BCUT2D eigenvalue weighted by atomic mass is 16.1. The Morgan fingerprint density at radius 3 is 1.68 bits per heavy atom. The van der Waals surface area contributed by atoms with Crippen molar-refractivity contribution in [2.45, 2.75) is 24.7 Å². The molecule has 6 atom stereocenters. The van der Waals surface area contributed by atoms with Gasteiger partial charge in [-0.3, -0.25) is 9.59 Å². The number of benzene rings is 1. The van der Waals surface area contributed by atoms with E-state index in [4.69, 9.17) is 0 Å². The zero-order valence-corrected chi connectivity index (χ0v) is 12.2. The molecule has 5 aliphatic rings. The SMILES string of the molecule is O=C1c2cc3c(cc2C(=O)C2C4C=CC(C4)C12)C1C=CC3C1. The quantitative estimate of drug-likeness (QED) is 0.683. The van der Waals surface area contributed by atoms with Crippen LogP contribution in [0.4, 0.5) is 0 Å². The predicted octanol–water partition coefficient (Wildman–Crippen LogP) is 3.64. The standard InChI is InChI=1S/C20H16O2/c21-19-15-7-13-9-1-2-10(5-9)14(13)8-16(15)20(22)18-12-4-3-11(6-12)17(18)19/h1-4,7-12,17-18H,5-6H2. The zero-order valence-electron chi connectivity index (χ0n) is 12.2. The number of Topliss-reactive ketones (excluding diaryl/α,β-unsaturated/α-hetero) is 2. The van der Waals surface area contributed by atoms with Gasteiger partial charge in [-0.1, -0.05) is 24.3 Å². The van der Waals surface area contributed by atoms with Crippen molar-refractivity contribution in [2.75, 3.05) is 0 Å². The molecule has 0 heterocycles. The molecule has 0 saturated heterocycles. The Bertz CT molecular complexity index is 763. The maximum atomic E-state index is 13.0. The molecule has 0 aromatic heterocycles. The summed E-state index contributed by atoms with van der Waals surface area (Å²) in [5.41, 5.74) is 4.02. The van der Waals surface area contributed by atoms with Gasteiger partial charge in [0.05, 0.1) is 0 Å². The molecule has 108 valence electrons. The first kappa shape index (κ1) is 11.6. The molecule has 2 nitrogen and oxygen atoms in total. The van der Waals surface area contributed by atoms with E-state index in [0.29, 0.717) is 34.8 Å². The Morgan fingerprint density at radius 1 is 0.682 bits per heavy atom. The summed E-state index contributed by atoms with van der Waals surface area (Å²) in [5, 5.41) is 0. The summed E-state index contributed by atoms with van der Waals surface area (Å²) >= 11 is 0. The fraction of sp³-hybridized carbons (Fsp3) is 0.400. The smallest absolute Gasteiger partial charge is 0.168 e. The lowest BCUT2D eigenvalue weighted by atomic mass is 9.68. The van der Waals surface area contributed by atoms with Gasteiger partial charge in [-0.05, 0) is 47.9 Å². The summed E-state index contributed by atoms with van der Waals surface area (Å²) in [6.45, 7) is 0. The van der Waals surface area contributed by atoms with E-state index in [9.17, 15) is 9.59 Å². The van der Waals surface area contributed by atoms with Gasteiger partial charge >= 0.3 is 0 Å². The second kappa shape index (κ2) is 3.51. The number of carbonyl (C=O) groups is 2. The van der Waals surface area contributed by atoms with E-state index in [2.05, 4.69) is 36.4 Å².